The van der Waals surface area contributed by atoms with E-state index >= 15 is 0 Å². The number of hydrogen-bond acceptors (Lipinski definition) is 8. The van der Waals surface area contributed by atoms with E-state index in [-0.39, 0.29) is 0 Å². The summed E-state index contributed by atoms with van der Waals surface area (Å²) in [6, 6.07) is 12.0. The van der Waals surface area contributed by atoms with Crippen LogP contribution >= 0.6 is 0 Å². The van der Waals surface area contributed by atoms with E-state index in [4.69, 9.17) is 26.6 Å². The molecule has 1 saturated carbocycles. The van der Waals surface area contributed by atoms with Crippen molar-refractivity contribution in [2.75, 3.05) is 81.3 Å². The summed E-state index contributed by atoms with van der Waals surface area (Å²) in [6.45, 7) is 12.0. The van der Waals surface area contributed by atoms with Crippen LogP contribution in [0.2, 0.25) is 12.1 Å². The standard InChI is InChI=1S/C13H23NO3Si.C11H27NO3Si.C8H16.C3H8/c1-14(13-9-6-5-7-10-13)11-8-12-18(15-2,16-3)17-4;1-6-7-9-12(2)10-8-11-16(13-3,14-4)15-5;1-2-8-6-4-3-5-7-8;1-3-2/h5-7,9-10H,8,11-12H2,1-4H3;6-11H2,1-5H3;8H,2-7H2,1H3;3H2,1-2H3. The average molecular weight is 675 g/mol. The van der Waals surface area contributed by atoms with Gasteiger partial charge in [0.15, 0.2) is 0 Å². The van der Waals surface area contributed by atoms with E-state index in [1.807, 2.05) is 18.2 Å². The highest BCUT2D eigenvalue weighted by Gasteiger charge is 2.37. The highest BCUT2D eigenvalue weighted by Crippen LogP contribution is 2.25. The Morgan fingerprint density at radius 1 is 0.622 bits per heavy atom. The first-order valence-corrected chi connectivity index (χ1v) is 21.3. The van der Waals surface area contributed by atoms with Crippen LogP contribution in [0.15, 0.2) is 30.3 Å². The Labute approximate surface area is 282 Å². The normalized spacial score (nSPS) is 13.6. The lowest BCUT2D eigenvalue weighted by Crippen LogP contribution is -2.43. The topological polar surface area (TPSA) is 61.9 Å². The van der Waals surface area contributed by atoms with Gasteiger partial charge in [0.25, 0.3) is 0 Å². The lowest BCUT2D eigenvalue weighted by Gasteiger charge is -2.26. The van der Waals surface area contributed by atoms with Crippen molar-refractivity contribution < 1.29 is 26.6 Å². The van der Waals surface area contributed by atoms with Gasteiger partial charge in [0.1, 0.15) is 0 Å². The van der Waals surface area contributed by atoms with Gasteiger partial charge < -0.3 is 36.4 Å². The number of benzene rings is 1. The number of para-hydroxylation sites is 1. The minimum atomic E-state index is -2.41. The summed E-state index contributed by atoms with van der Waals surface area (Å²) in [5.41, 5.74) is 1.22. The zero-order valence-electron chi connectivity index (χ0n) is 31.6. The van der Waals surface area contributed by atoms with Gasteiger partial charge in [-0.1, -0.05) is 97.3 Å². The SMILES string of the molecule is CCC.CCC1CCCCC1.CCCCN(C)CCC[Si](OC)(OC)OC.CO[Si](CCCN(C)c1ccccc1)(OC)OC. The zero-order chi connectivity index (χ0) is 34.4. The Morgan fingerprint density at radius 2 is 1.04 bits per heavy atom. The third kappa shape index (κ3) is 22.4. The quantitative estimate of drug-likeness (QED) is 0.135. The minimum Gasteiger partial charge on any atom is -0.377 e. The van der Waals surface area contributed by atoms with Gasteiger partial charge in [-0.3, -0.25) is 0 Å². The van der Waals surface area contributed by atoms with Crippen molar-refractivity contribution >= 4 is 23.3 Å². The second kappa shape index (κ2) is 30.5. The average Bonchev–Trinajstić information content (AvgIpc) is 3.09. The Morgan fingerprint density at radius 3 is 1.42 bits per heavy atom. The molecule has 0 heterocycles. The molecular formula is C35H74N2O6Si2. The molecule has 268 valence electrons. The van der Waals surface area contributed by atoms with Crippen molar-refractivity contribution in [2.45, 2.75) is 110 Å². The van der Waals surface area contributed by atoms with Gasteiger partial charge in [-0.15, -0.1) is 0 Å². The number of unbranched alkanes of at least 4 members (excludes halogenated alkanes) is 1. The molecule has 0 saturated heterocycles. The monoisotopic (exact) mass is 675 g/mol. The number of anilines is 1. The van der Waals surface area contributed by atoms with E-state index < -0.39 is 17.6 Å². The molecule has 1 aliphatic carbocycles. The summed E-state index contributed by atoms with van der Waals surface area (Å²) in [6.07, 6.45) is 14.7. The molecule has 0 bridgehead atoms. The summed E-state index contributed by atoms with van der Waals surface area (Å²) in [7, 11) is 9.45. The first-order chi connectivity index (χ1) is 21.7. The number of rotatable bonds is 19. The van der Waals surface area contributed by atoms with E-state index in [0.29, 0.717) is 0 Å². The van der Waals surface area contributed by atoms with Gasteiger partial charge >= 0.3 is 17.6 Å². The molecular weight excluding hydrogens is 601 g/mol. The molecule has 1 aliphatic rings. The maximum absolute atomic E-state index is 5.40. The summed E-state index contributed by atoms with van der Waals surface area (Å²) in [5.74, 6) is 1.09. The van der Waals surface area contributed by atoms with E-state index in [1.54, 1.807) is 42.7 Å². The molecule has 10 heteroatoms. The summed E-state index contributed by atoms with van der Waals surface area (Å²) < 4.78 is 32.3. The molecule has 1 fully saturated rings. The first kappa shape index (κ1) is 46.3. The molecule has 0 N–H and O–H groups in total. The van der Waals surface area contributed by atoms with E-state index in [9.17, 15) is 0 Å². The highest BCUT2D eigenvalue weighted by atomic mass is 28.4. The van der Waals surface area contributed by atoms with Gasteiger partial charge in [-0.2, -0.15) is 0 Å². The molecule has 0 aromatic heterocycles. The van der Waals surface area contributed by atoms with Crippen molar-refractivity contribution in [2.24, 2.45) is 5.92 Å². The van der Waals surface area contributed by atoms with Crippen molar-refractivity contribution in [1.82, 2.24) is 4.90 Å². The molecule has 0 radical (unpaired) electrons. The Hall–Kier alpha value is -0.826. The van der Waals surface area contributed by atoms with Crippen LogP contribution in [0.4, 0.5) is 5.69 Å². The predicted molar refractivity (Wildman–Crippen MR) is 197 cm³/mol. The van der Waals surface area contributed by atoms with E-state index in [2.05, 4.69) is 63.7 Å². The van der Waals surface area contributed by atoms with Crippen LogP contribution in [0.25, 0.3) is 0 Å². The van der Waals surface area contributed by atoms with Crippen molar-refractivity contribution in [3.63, 3.8) is 0 Å². The zero-order valence-corrected chi connectivity index (χ0v) is 33.6. The molecule has 45 heavy (non-hydrogen) atoms. The van der Waals surface area contributed by atoms with E-state index in [0.717, 1.165) is 50.5 Å². The maximum atomic E-state index is 5.40. The largest absolute Gasteiger partial charge is 0.500 e. The van der Waals surface area contributed by atoms with Gasteiger partial charge in [0, 0.05) is 74.0 Å². The molecule has 0 aliphatic heterocycles. The second-order valence-electron chi connectivity index (χ2n) is 11.8. The lowest BCUT2D eigenvalue weighted by atomic mass is 9.88. The molecule has 0 atom stereocenters. The van der Waals surface area contributed by atoms with Gasteiger partial charge in [0.05, 0.1) is 0 Å². The molecule has 0 amide bonds. The van der Waals surface area contributed by atoms with Crippen LogP contribution in [0.3, 0.4) is 0 Å². The summed E-state index contributed by atoms with van der Waals surface area (Å²) in [4.78, 5) is 4.57. The third-order valence-corrected chi connectivity index (χ3v) is 13.9. The first-order valence-electron chi connectivity index (χ1n) is 17.4. The third-order valence-electron chi connectivity index (χ3n) is 8.26. The van der Waals surface area contributed by atoms with E-state index in [1.165, 1.54) is 63.5 Å². The van der Waals surface area contributed by atoms with Crippen molar-refractivity contribution in [1.29, 1.82) is 0 Å². The van der Waals surface area contributed by atoms with Crippen molar-refractivity contribution in [3.8, 4) is 0 Å². The Balaban J connectivity index is 0. The highest BCUT2D eigenvalue weighted by molar-refractivity contribution is 6.60. The van der Waals surface area contributed by atoms with Gasteiger partial charge in [0.2, 0.25) is 0 Å². The van der Waals surface area contributed by atoms with Crippen LogP contribution < -0.4 is 4.90 Å². The molecule has 8 nitrogen and oxygen atoms in total. The minimum absolute atomic E-state index is 0.827. The smallest absolute Gasteiger partial charge is 0.377 e. The molecule has 2 rings (SSSR count). The molecule has 0 unspecified atom stereocenters. The van der Waals surface area contributed by atoms with Crippen LogP contribution in [0, 0.1) is 5.92 Å². The van der Waals surface area contributed by atoms with Crippen LogP contribution in [-0.4, -0.2) is 98.9 Å². The fraction of sp³-hybridized carbons (Fsp3) is 0.829. The number of nitrogens with zero attached hydrogens (tertiary/aromatic N) is 2. The lowest BCUT2D eigenvalue weighted by molar-refractivity contribution is 0.121. The van der Waals surface area contributed by atoms with Gasteiger partial charge in [-0.05, 0) is 57.5 Å². The number of hydrogen-bond donors (Lipinski definition) is 0. The molecule has 1 aromatic rings. The predicted octanol–water partition coefficient (Wildman–Crippen LogP) is 8.77. The second-order valence-corrected chi connectivity index (χ2v) is 18.0. The van der Waals surface area contributed by atoms with Gasteiger partial charge in [-0.25, -0.2) is 0 Å². The van der Waals surface area contributed by atoms with Crippen LogP contribution in [0.5, 0.6) is 0 Å². The van der Waals surface area contributed by atoms with Crippen LogP contribution in [-0.2, 0) is 26.6 Å². The fourth-order valence-electron chi connectivity index (χ4n) is 5.16. The summed E-state index contributed by atoms with van der Waals surface area (Å²) in [5, 5.41) is 0. The maximum Gasteiger partial charge on any atom is 0.500 e. The fourth-order valence-corrected chi connectivity index (χ4v) is 8.56. The molecule has 1 aromatic carbocycles. The Kier molecular flexibility index (Phi) is 31.4. The van der Waals surface area contributed by atoms with Crippen LogP contribution in [0.1, 0.15) is 98.3 Å². The summed E-state index contributed by atoms with van der Waals surface area (Å²) >= 11 is 0. The Bertz CT molecular complexity index is 720. The van der Waals surface area contributed by atoms with Crippen molar-refractivity contribution in [3.05, 3.63) is 30.3 Å². The molecule has 0 spiro atoms.